The summed E-state index contributed by atoms with van der Waals surface area (Å²) < 4.78 is 16.5. The minimum atomic E-state index is -0.223. The molecule has 0 unspecified atom stereocenters. The Bertz CT molecular complexity index is 1400. The van der Waals surface area contributed by atoms with Gasteiger partial charge in [0.25, 0.3) is 0 Å². The minimum absolute atomic E-state index is 0.143. The molecule has 2 aromatic carbocycles. The van der Waals surface area contributed by atoms with Gasteiger partial charge < -0.3 is 14.8 Å². The van der Waals surface area contributed by atoms with Crippen LogP contribution in [0.5, 0.6) is 0 Å². The van der Waals surface area contributed by atoms with Crippen LogP contribution < -0.4 is 10.2 Å². The first-order valence-corrected chi connectivity index (χ1v) is 12.4. The zero-order chi connectivity index (χ0) is 24.7. The van der Waals surface area contributed by atoms with Crippen LogP contribution in [0.15, 0.2) is 72.9 Å². The first kappa shape index (κ1) is 23.2. The van der Waals surface area contributed by atoms with Gasteiger partial charge in [0.05, 0.1) is 17.8 Å². The summed E-state index contributed by atoms with van der Waals surface area (Å²) in [6, 6.07) is 21.6. The van der Waals surface area contributed by atoms with E-state index in [0.29, 0.717) is 10.7 Å². The van der Waals surface area contributed by atoms with Crippen LogP contribution in [0, 0.1) is 26.6 Å². The molecule has 178 valence electrons. The van der Waals surface area contributed by atoms with Crippen LogP contribution in [0.2, 0.25) is 0 Å². The van der Waals surface area contributed by atoms with Gasteiger partial charge in [-0.1, -0.05) is 31.2 Å². The molecule has 3 heterocycles. The molecule has 2 aromatic heterocycles. The monoisotopic (exact) mass is 484 g/mol. The summed E-state index contributed by atoms with van der Waals surface area (Å²) in [6.07, 6.45) is 2.76. The van der Waals surface area contributed by atoms with Crippen molar-refractivity contribution in [3.05, 3.63) is 113 Å². The Hall–Kier alpha value is -3.51. The maximum Gasteiger partial charge on any atom is 0.174 e. The number of halogens is 1. The molecule has 0 bridgehead atoms. The maximum atomic E-state index is 14.1. The van der Waals surface area contributed by atoms with E-state index in [2.05, 4.69) is 70.9 Å². The number of anilines is 1. The fourth-order valence-corrected chi connectivity index (χ4v) is 5.56. The SMILES string of the molecule is CCc1ccccc1-n1c(C)cc([C@@H]2[C@H](c3ccccn3)NC(=S)N2c2ccc(F)c(C)c2)c1C. The first-order valence-electron chi connectivity index (χ1n) is 11.9. The number of hydrogen-bond donors (Lipinski definition) is 1. The van der Waals surface area contributed by atoms with E-state index in [-0.39, 0.29) is 17.9 Å². The summed E-state index contributed by atoms with van der Waals surface area (Å²) >= 11 is 5.86. The summed E-state index contributed by atoms with van der Waals surface area (Å²) in [7, 11) is 0. The third-order valence-electron chi connectivity index (χ3n) is 6.92. The summed E-state index contributed by atoms with van der Waals surface area (Å²) in [6.45, 7) is 8.28. The predicted molar refractivity (Wildman–Crippen MR) is 144 cm³/mol. The molecule has 1 aliphatic heterocycles. The molecule has 0 saturated carbocycles. The summed E-state index contributed by atoms with van der Waals surface area (Å²) in [5, 5.41) is 4.12. The second-order valence-corrected chi connectivity index (χ2v) is 9.46. The van der Waals surface area contributed by atoms with Gasteiger partial charge in [0.1, 0.15) is 5.82 Å². The predicted octanol–water partition coefficient (Wildman–Crippen LogP) is 6.68. The number of nitrogens with zero attached hydrogens (tertiary/aromatic N) is 3. The standard InChI is InChI=1S/C29H29FN4S/c1-5-21-10-6-7-12-26(21)33-19(3)17-23(20(33)4)28-27(25-11-8-9-15-31-25)32-29(35)34(28)22-13-14-24(30)18(2)16-22/h6-17,27-28H,5H2,1-4H3,(H,32,35)/t27-,28+/m0/s1. The fraction of sp³-hybridized carbons (Fsp3) is 0.241. The highest BCUT2D eigenvalue weighted by atomic mass is 32.1. The molecular formula is C29H29FN4S. The highest BCUT2D eigenvalue weighted by molar-refractivity contribution is 7.80. The average Bonchev–Trinajstić information content (AvgIpc) is 3.36. The number of nitrogens with one attached hydrogen (secondary N) is 1. The molecule has 4 nitrogen and oxygen atoms in total. The third-order valence-corrected chi connectivity index (χ3v) is 7.23. The molecule has 6 heteroatoms. The van der Waals surface area contributed by atoms with Gasteiger partial charge in [-0.2, -0.15) is 0 Å². The fourth-order valence-electron chi connectivity index (χ4n) is 5.21. The molecule has 1 fully saturated rings. The van der Waals surface area contributed by atoms with E-state index >= 15 is 0 Å². The van der Waals surface area contributed by atoms with Crippen molar-refractivity contribution in [2.45, 2.75) is 46.2 Å². The summed E-state index contributed by atoms with van der Waals surface area (Å²) in [4.78, 5) is 6.77. The van der Waals surface area contributed by atoms with Crippen molar-refractivity contribution < 1.29 is 4.39 Å². The van der Waals surface area contributed by atoms with Gasteiger partial charge in [-0.25, -0.2) is 4.39 Å². The van der Waals surface area contributed by atoms with Crippen LogP contribution in [0.1, 0.15) is 52.8 Å². The molecular weight excluding hydrogens is 455 g/mol. The normalized spacial score (nSPS) is 17.6. The Morgan fingerprint density at radius 1 is 1.00 bits per heavy atom. The number of aryl methyl sites for hydroxylation is 3. The van der Waals surface area contributed by atoms with Gasteiger partial charge in [-0.05, 0) is 98.6 Å². The summed E-state index contributed by atoms with van der Waals surface area (Å²) in [5.41, 5.74) is 8.35. The van der Waals surface area contributed by atoms with Gasteiger partial charge in [0.15, 0.2) is 5.11 Å². The lowest BCUT2D eigenvalue weighted by molar-refractivity contribution is 0.564. The zero-order valence-electron chi connectivity index (χ0n) is 20.4. The van der Waals surface area contributed by atoms with Crippen LogP contribution in [-0.2, 0) is 6.42 Å². The Kier molecular flexibility index (Phi) is 6.15. The van der Waals surface area contributed by atoms with Gasteiger partial charge in [-0.3, -0.25) is 4.98 Å². The van der Waals surface area contributed by atoms with Gasteiger partial charge >= 0.3 is 0 Å². The lowest BCUT2D eigenvalue weighted by Crippen LogP contribution is -2.29. The second kappa shape index (κ2) is 9.27. The van der Waals surface area contributed by atoms with Crippen LogP contribution in [-0.4, -0.2) is 14.7 Å². The van der Waals surface area contributed by atoms with Crippen molar-refractivity contribution in [2.75, 3.05) is 4.90 Å². The Labute approximate surface area is 211 Å². The molecule has 0 amide bonds. The highest BCUT2D eigenvalue weighted by Gasteiger charge is 2.42. The van der Waals surface area contributed by atoms with Gasteiger partial charge in [0, 0.05) is 29.0 Å². The summed E-state index contributed by atoms with van der Waals surface area (Å²) in [5.74, 6) is -0.223. The zero-order valence-corrected chi connectivity index (χ0v) is 21.2. The molecule has 35 heavy (non-hydrogen) atoms. The Morgan fingerprint density at radius 2 is 1.77 bits per heavy atom. The lowest BCUT2D eigenvalue weighted by Gasteiger charge is -2.28. The number of hydrogen-bond acceptors (Lipinski definition) is 2. The number of para-hydroxylation sites is 1. The topological polar surface area (TPSA) is 33.1 Å². The Morgan fingerprint density at radius 3 is 2.49 bits per heavy atom. The van der Waals surface area contributed by atoms with E-state index in [4.69, 9.17) is 12.2 Å². The average molecular weight is 485 g/mol. The quantitative estimate of drug-likeness (QED) is 0.321. The van der Waals surface area contributed by atoms with Crippen molar-refractivity contribution in [1.29, 1.82) is 0 Å². The molecule has 5 rings (SSSR count). The van der Waals surface area contributed by atoms with Crippen molar-refractivity contribution >= 4 is 23.0 Å². The van der Waals surface area contributed by atoms with E-state index in [0.717, 1.165) is 29.2 Å². The van der Waals surface area contributed by atoms with Crippen molar-refractivity contribution in [3.8, 4) is 5.69 Å². The molecule has 4 aromatic rings. The highest BCUT2D eigenvalue weighted by Crippen LogP contribution is 2.44. The lowest BCUT2D eigenvalue weighted by atomic mass is 9.96. The second-order valence-electron chi connectivity index (χ2n) is 9.07. The number of rotatable bonds is 5. The third kappa shape index (κ3) is 4.02. The van der Waals surface area contributed by atoms with Crippen molar-refractivity contribution in [1.82, 2.24) is 14.9 Å². The molecule has 2 atom stereocenters. The van der Waals surface area contributed by atoms with Crippen LogP contribution in [0.3, 0.4) is 0 Å². The number of benzene rings is 2. The molecule has 0 aliphatic carbocycles. The van der Waals surface area contributed by atoms with Crippen LogP contribution in [0.4, 0.5) is 10.1 Å². The molecule has 1 N–H and O–H groups in total. The van der Waals surface area contributed by atoms with E-state index in [1.165, 1.54) is 22.9 Å². The van der Waals surface area contributed by atoms with Crippen molar-refractivity contribution in [2.24, 2.45) is 0 Å². The Balaban J connectivity index is 1.70. The molecule has 1 aliphatic rings. The van der Waals surface area contributed by atoms with Crippen LogP contribution in [0.25, 0.3) is 5.69 Å². The number of thiocarbonyl (C=S) groups is 1. The smallest absolute Gasteiger partial charge is 0.174 e. The molecule has 0 radical (unpaired) electrons. The van der Waals surface area contributed by atoms with E-state index < -0.39 is 0 Å². The van der Waals surface area contributed by atoms with E-state index in [9.17, 15) is 4.39 Å². The van der Waals surface area contributed by atoms with Crippen molar-refractivity contribution in [3.63, 3.8) is 0 Å². The minimum Gasteiger partial charge on any atom is -0.351 e. The van der Waals surface area contributed by atoms with Gasteiger partial charge in [-0.15, -0.1) is 0 Å². The largest absolute Gasteiger partial charge is 0.351 e. The maximum absolute atomic E-state index is 14.1. The molecule has 0 spiro atoms. The first-order chi connectivity index (χ1) is 16.9. The molecule has 1 saturated heterocycles. The number of aromatic nitrogens is 2. The number of pyridine rings is 1. The van der Waals surface area contributed by atoms with E-state index in [1.807, 2.05) is 30.5 Å². The van der Waals surface area contributed by atoms with Crippen LogP contribution >= 0.6 is 12.2 Å². The van der Waals surface area contributed by atoms with Gasteiger partial charge in [0.2, 0.25) is 0 Å². The van der Waals surface area contributed by atoms with E-state index in [1.54, 1.807) is 13.0 Å².